The van der Waals surface area contributed by atoms with Crippen LogP contribution in [0.4, 0.5) is 4.39 Å². The predicted molar refractivity (Wildman–Crippen MR) is 77.4 cm³/mol. The zero-order valence-electron chi connectivity index (χ0n) is 11.7. The largest absolute Gasteiger partial charge is 0.207 e. The van der Waals surface area contributed by atoms with Crippen molar-refractivity contribution >= 4 is 0 Å². The van der Waals surface area contributed by atoms with Crippen LogP contribution < -0.4 is 0 Å². The minimum Gasteiger partial charge on any atom is -0.207 e. The Balaban J connectivity index is 1.55. The summed E-state index contributed by atoms with van der Waals surface area (Å²) in [7, 11) is 0. The van der Waals surface area contributed by atoms with Crippen LogP contribution in [0.1, 0.15) is 62.8 Å². The van der Waals surface area contributed by atoms with Crippen molar-refractivity contribution < 1.29 is 4.39 Å². The molecule has 0 N–H and O–H groups in total. The Labute approximate surface area is 116 Å². The summed E-state index contributed by atoms with van der Waals surface area (Å²) < 4.78 is 13.0. The zero-order valence-corrected chi connectivity index (χ0v) is 11.7. The van der Waals surface area contributed by atoms with Crippen molar-refractivity contribution in [2.45, 2.75) is 57.3 Å². The lowest BCUT2D eigenvalue weighted by Gasteiger charge is -2.36. The van der Waals surface area contributed by atoms with Crippen LogP contribution in [0.15, 0.2) is 24.3 Å². The van der Waals surface area contributed by atoms with E-state index in [0.29, 0.717) is 5.92 Å². The molecule has 0 nitrogen and oxygen atoms in total. The third kappa shape index (κ3) is 3.19. The smallest absolute Gasteiger partial charge is 0.123 e. The Morgan fingerprint density at radius 1 is 0.737 bits per heavy atom. The van der Waals surface area contributed by atoms with E-state index in [4.69, 9.17) is 0 Å². The Kier molecular flexibility index (Phi) is 4.20. The van der Waals surface area contributed by atoms with Crippen LogP contribution in [0.2, 0.25) is 0 Å². The van der Waals surface area contributed by atoms with Crippen molar-refractivity contribution in [3.63, 3.8) is 0 Å². The molecule has 1 aromatic rings. The Bertz CT molecular complexity index is 381. The van der Waals surface area contributed by atoms with Crippen molar-refractivity contribution in [1.82, 2.24) is 0 Å². The fraction of sp³-hybridized carbons (Fsp3) is 0.611. The molecule has 0 heterocycles. The second-order valence-electron chi connectivity index (χ2n) is 6.37. The molecule has 1 aromatic carbocycles. The molecule has 2 fully saturated rings. The van der Waals surface area contributed by atoms with Gasteiger partial charge in [0.05, 0.1) is 0 Å². The van der Waals surface area contributed by atoms with Gasteiger partial charge in [0.2, 0.25) is 0 Å². The molecular weight excluding hydrogens is 235 g/mol. The van der Waals surface area contributed by atoms with E-state index in [1.807, 2.05) is 12.1 Å². The maximum absolute atomic E-state index is 13.0. The maximum atomic E-state index is 13.0. The van der Waals surface area contributed by atoms with E-state index in [-0.39, 0.29) is 5.82 Å². The van der Waals surface area contributed by atoms with E-state index in [1.165, 1.54) is 56.9 Å². The molecule has 0 aliphatic heterocycles. The van der Waals surface area contributed by atoms with Gasteiger partial charge in [-0.1, -0.05) is 12.1 Å². The average molecular weight is 259 g/mol. The number of halogens is 1. The predicted octanol–water partition coefficient (Wildman–Crippen LogP) is 5.49. The first-order valence-electron chi connectivity index (χ1n) is 7.90. The van der Waals surface area contributed by atoms with E-state index in [1.54, 1.807) is 12.1 Å². The monoisotopic (exact) mass is 259 g/mol. The Morgan fingerprint density at radius 2 is 1.32 bits per heavy atom. The number of benzene rings is 1. The lowest BCUT2D eigenvalue weighted by molar-refractivity contribution is 0.199. The van der Waals surface area contributed by atoms with Crippen LogP contribution in [0.25, 0.3) is 0 Å². The maximum Gasteiger partial charge on any atom is 0.123 e. The summed E-state index contributed by atoms with van der Waals surface area (Å²) in [6.45, 7) is 0. The number of hydrogen-bond acceptors (Lipinski definition) is 0. The van der Waals surface area contributed by atoms with Gasteiger partial charge in [-0.2, -0.15) is 0 Å². The summed E-state index contributed by atoms with van der Waals surface area (Å²) >= 11 is 0. The molecule has 0 saturated heterocycles. The quantitative estimate of drug-likeness (QED) is 0.658. The van der Waals surface area contributed by atoms with Gasteiger partial charge >= 0.3 is 0 Å². The van der Waals surface area contributed by atoms with E-state index >= 15 is 0 Å². The molecule has 19 heavy (non-hydrogen) atoms. The summed E-state index contributed by atoms with van der Waals surface area (Å²) in [5.74, 6) is 2.51. The summed E-state index contributed by atoms with van der Waals surface area (Å²) in [5, 5.41) is 0. The molecule has 0 spiro atoms. The molecule has 0 atom stereocenters. The van der Waals surface area contributed by atoms with Gasteiger partial charge in [0.1, 0.15) is 5.82 Å². The van der Waals surface area contributed by atoms with Crippen molar-refractivity contribution in [3.8, 4) is 0 Å². The van der Waals surface area contributed by atoms with Gasteiger partial charge in [-0.15, -0.1) is 0 Å². The summed E-state index contributed by atoms with van der Waals surface area (Å²) in [6.07, 6.45) is 13.3. The van der Waals surface area contributed by atoms with Crippen LogP contribution in [0.3, 0.4) is 0 Å². The topological polar surface area (TPSA) is 0 Å². The molecular formula is C18H24F. The molecule has 2 aliphatic carbocycles. The lowest BCUT2D eigenvalue weighted by atomic mass is 9.70. The number of hydrogen-bond donors (Lipinski definition) is 0. The van der Waals surface area contributed by atoms with Crippen LogP contribution in [0.5, 0.6) is 0 Å². The van der Waals surface area contributed by atoms with Crippen molar-refractivity contribution in [2.75, 3.05) is 0 Å². The second-order valence-corrected chi connectivity index (χ2v) is 6.37. The third-order valence-corrected chi connectivity index (χ3v) is 5.26. The van der Waals surface area contributed by atoms with Crippen LogP contribution in [0, 0.1) is 24.1 Å². The molecule has 2 aliphatic rings. The van der Waals surface area contributed by atoms with Crippen LogP contribution in [-0.2, 0) is 0 Å². The van der Waals surface area contributed by atoms with Gasteiger partial charge in [0.15, 0.2) is 0 Å². The molecule has 2 saturated carbocycles. The molecule has 0 bridgehead atoms. The van der Waals surface area contributed by atoms with Crippen molar-refractivity contribution in [1.29, 1.82) is 0 Å². The van der Waals surface area contributed by atoms with Gasteiger partial charge in [0.25, 0.3) is 0 Å². The normalized spacial score (nSPS) is 29.3. The lowest BCUT2D eigenvalue weighted by Crippen LogP contribution is -2.23. The van der Waals surface area contributed by atoms with Crippen molar-refractivity contribution in [2.24, 2.45) is 11.8 Å². The summed E-state index contributed by atoms with van der Waals surface area (Å²) in [6, 6.07) is 7.18. The van der Waals surface area contributed by atoms with Gasteiger partial charge in [0, 0.05) is 0 Å². The highest BCUT2D eigenvalue weighted by molar-refractivity contribution is 5.20. The highest BCUT2D eigenvalue weighted by Gasteiger charge is 2.28. The van der Waals surface area contributed by atoms with E-state index in [9.17, 15) is 4.39 Å². The van der Waals surface area contributed by atoms with E-state index in [0.717, 1.165) is 11.8 Å². The zero-order chi connectivity index (χ0) is 13.1. The fourth-order valence-electron chi connectivity index (χ4n) is 4.08. The van der Waals surface area contributed by atoms with Crippen LogP contribution >= 0.6 is 0 Å². The molecule has 1 heteroatoms. The van der Waals surface area contributed by atoms with Gasteiger partial charge < -0.3 is 0 Å². The van der Waals surface area contributed by atoms with Gasteiger partial charge in [-0.3, -0.25) is 0 Å². The third-order valence-electron chi connectivity index (χ3n) is 5.26. The van der Waals surface area contributed by atoms with Gasteiger partial charge in [-0.05, 0) is 93.2 Å². The molecule has 103 valence electrons. The highest BCUT2D eigenvalue weighted by atomic mass is 19.1. The minimum absolute atomic E-state index is 0.115. The highest BCUT2D eigenvalue weighted by Crippen LogP contribution is 2.42. The molecule has 0 unspecified atom stereocenters. The standard InChI is InChI=1S/C18H24F/c19-18-12-10-17(11-13-18)16-8-6-15(7-9-16)14-4-2-1-3-5-14/h1,10-16H,2-9H2/t15-,16-. The first-order valence-corrected chi connectivity index (χ1v) is 7.90. The van der Waals surface area contributed by atoms with E-state index in [2.05, 4.69) is 6.42 Å². The summed E-state index contributed by atoms with van der Waals surface area (Å²) in [5.41, 5.74) is 1.34. The van der Waals surface area contributed by atoms with Crippen LogP contribution in [-0.4, -0.2) is 0 Å². The Morgan fingerprint density at radius 3 is 1.95 bits per heavy atom. The summed E-state index contributed by atoms with van der Waals surface area (Å²) in [4.78, 5) is 0. The average Bonchev–Trinajstić information content (AvgIpc) is 2.49. The fourth-order valence-corrected chi connectivity index (χ4v) is 4.08. The molecule has 3 rings (SSSR count). The molecule has 0 amide bonds. The SMILES string of the molecule is Fc1ccc([C@H]2CC[C@H](C3CC[CH]CC3)CC2)cc1. The first kappa shape index (κ1) is 13.1. The molecule has 1 radical (unpaired) electrons. The second kappa shape index (κ2) is 6.07. The Hall–Kier alpha value is -0.850. The van der Waals surface area contributed by atoms with Gasteiger partial charge in [-0.25, -0.2) is 4.39 Å². The number of rotatable bonds is 2. The van der Waals surface area contributed by atoms with E-state index < -0.39 is 0 Å². The first-order chi connectivity index (χ1) is 9.33. The molecule has 0 aromatic heterocycles. The van der Waals surface area contributed by atoms with Crippen molar-refractivity contribution in [3.05, 3.63) is 42.1 Å². The minimum atomic E-state index is -0.115.